The SMILES string of the molecule is CS(=O)(=O)c1ccc([C@@H](CC2CCCC2)C(=O)Nc2cnc(Br)cn2)cc1Cl. The van der Waals surface area contributed by atoms with Gasteiger partial charge in [-0.05, 0) is 46.0 Å². The summed E-state index contributed by atoms with van der Waals surface area (Å²) in [4.78, 5) is 21.3. The van der Waals surface area contributed by atoms with E-state index in [0.29, 0.717) is 28.3 Å². The van der Waals surface area contributed by atoms with E-state index in [0.717, 1.165) is 19.1 Å². The van der Waals surface area contributed by atoms with Gasteiger partial charge >= 0.3 is 0 Å². The maximum atomic E-state index is 13.0. The number of amides is 1. The fourth-order valence-corrected chi connectivity index (χ4v) is 5.14. The van der Waals surface area contributed by atoms with Crippen LogP contribution in [0.15, 0.2) is 40.1 Å². The molecule has 1 amide bonds. The summed E-state index contributed by atoms with van der Waals surface area (Å²) in [6.07, 6.45) is 9.32. The van der Waals surface area contributed by atoms with Gasteiger partial charge < -0.3 is 5.32 Å². The highest BCUT2D eigenvalue weighted by Gasteiger charge is 2.28. The molecule has 1 N–H and O–H groups in total. The third kappa shape index (κ3) is 5.30. The van der Waals surface area contributed by atoms with Crippen LogP contribution < -0.4 is 5.32 Å². The molecular weight excluding hydrogens is 466 g/mol. The van der Waals surface area contributed by atoms with Crippen molar-refractivity contribution in [2.24, 2.45) is 5.92 Å². The van der Waals surface area contributed by atoms with Gasteiger partial charge in [0.2, 0.25) is 5.91 Å². The summed E-state index contributed by atoms with van der Waals surface area (Å²) in [5.74, 6) is 0.176. The van der Waals surface area contributed by atoms with E-state index in [9.17, 15) is 13.2 Å². The number of carbonyl (C=O) groups is 1. The molecule has 0 unspecified atom stereocenters. The first-order valence-electron chi connectivity index (χ1n) is 9.02. The van der Waals surface area contributed by atoms with Gasteiger partial charge in [-0.1, -0.05) is 43.4 Å². The molecule has 0 aliphatic heterocycles. The zero-order valence-corrected chi connectivity index (χ0v) is 18.5. The van der Waals surface area contributed by atoms with E-state index < -0.39 is 15.8 Å². The summed E-state index contributed by atoms with van der Waals surface area (Å²) in [5, 5.41) is 2.94. The average molecular weight is 487 g/mol. The lowest BCUT2D eigenvalue weighted by Gasteiger charge is -2.21. The van der Waals surface area contributed by atoms with Crippen LogP contribution in [0.3, 0.4) is 0 Å². The van der Waals surface area contributed by atoms with E-state index in [1.165, 1.54) is 31.3 Å². The molecule has 28 heavy (non-hydrogen) atoms. The minimum Gasteiger partial charge on any atom is -0.309 e. The number of hydrogen-bond acceptors (Lipinski definition) is 5. The zero-order valence-electron chi connectivity index (χ0n) is 15.4. The van der Waals surface area contributed by atoms with Gasteiger partial charge in [-0.3, -0.25) is 4.79 Å². The maximum absolute atomic E-state index is 13.0. The van der Waals surface area contributed by atoms with E-state index in [1.54, 1.807) is 12.1 Å². The Kier molecular flexibility index (Phi) is 6.73. The Balaban J connectivity index is 1.88. The number of halogens is 2. The minimum atomic E-state index is -3.43. The van der Waals surface area contributed by atoms with Crippen LogP contribution in [-0.4, -0.2) is 30.5 Å². The van der Waals surface area contributed by atoms with Crippen LogP contribution in [0.1, 0.15) is 43.6 Å². The van der Waals surface area contributed by atoms with Gasteiger partial charge in [-0.25, -0.2) is 18.4 Å². The highest BCUT2D eigenvalue weighted by Crippen LogP contribution is 2.36. The molecule has 3 rings (SSSR count). The number of nitrogens with one attached hydrogen (secondary N) is 1. The molecule has 6 nitrogen and oxygen atoms in total. The average Bonchev–Trinajstić information content (AvgIpc) is 3.13. The number of hydrogen-bond donors (Lipinski definition) is 1. The van der Waals surface area contributed by atoms with Crippen LogP contribution >= 0.6 is 27.5 Å². The van der Waals surface area contributed by atoms with Crippen LogP contribution in [0.2, 0.25) is 5.02 Å². The summed E-state index contributed by atoms with van der Waals surface area (Å²) in [7, 11) is -3.43. The molecule has 0 saturated heterocycles. The van der Waals surface area contributed by atoms with Crippen molar-refractivity contribution in [2.45, 2.75) is 42.9 Å². The van der Waals surface area contributed by atoms with Crippen molar-refractivity contribution in [1.29, 1.82) is 0 Å². The number of benzene rings is 1. The van der Waals surface area contributed by atoms with Gasteiger partial charge in [0, 0.05) is 6.26 Å². The van der Waals surface area contributed by atoms with Crippen molar-refractivity contribution in [2.75, 3.05) is 11.6 Å². The molecule has 1 saturated carbocycles. The van der Waals surface area contributed by atoms with Gasteiger partial charge in [-0.2, -0.15) is 0 Å². The van der Waals surface area contributed by atoms with Crippen molar-refractivity contribution in [3.63, 3.8) is 0 Å². The van der Waals surface area contributed by atoms with E-state index in [1.807, 2.05) is 0 Å². The second kappa shape index (κ2) is 8.88. The summed E-state index contributed by atoms with van der Waals surface area (Å²) in [6, 6.07) is 4.74. The van der Waals surface area contributed by atoms with Crippen LogP contribution in [0.4, 0.5) is 5.82 Å². The fraction of sp³-hybridized carbons (Fsp3) is 0.421. The first-order chi connectivity index (χ1) is 13.2. The molecule has 1 aromatic carbocycles. The van der Waals surface area contributed by atoms with Crippen molar-refractivity contribution >= 4 is 49.1 Å². The predicted octanol–water partition coefficient (Wildman–Crippen LogP) is 4.60. The molecule has 1 aromatic heterocycles. The number of nitrogens with zero attached hydrogens (tertiary/aromatic N) is 2. The molecule has 2 aromatic rings. The van der Waals surface area contributed by atoms with Crippen molar-refractivity contribution < 1.29 is 13.2 Å². The standard InChI is InChI=1S/C19H21BrClN3O3S/c1-28(26,27)16-7-6-13(9-15(16)21)14(8-12-4-2-3-5-12)19(25)24-18-11-22-17(20)10-23-18/h6-7,9-12,14H,2-5,8H2,1H3,(H,23,24,25)/t14-/m1/s1. The van der Waals surface area contributed by atoms with Gasteiger partial charge in [0.15, 0.2) is 15.7 Å². The zero-order chi connectivity index (χ0) is 20.3. The summed E-state index contributed by atoms with van der Waals surface area (Å²) < 4.78 is 24.2. The molecule has 150 valence electrons. The Labute approximate surface area is 178 Å². The lowest BCUT2D eigenvalue weighted by atomic mass is 9.87. The first-order valence-corrected chi connectivity index (χ1v) is 12.1. The molecule has 0 spiro atoms. The summed E-state index contributed by atoms with van der Waals surface area (Å²) in [5.41, 5.74) is 0.701. The van der Waals surface area contributed by atoms with Crippen molar-refractivity contribution in [1.82, 2.24) is 9.97 Å². The monoisotopic (exact) mass is 485 g/mol. The molecular formula is C19H21BrClN3O3S. The highest BCUT2D eigenvalue weighted by molar-refractivity contribution is 9.10. The van der Waals surface area contributed by atoms with Crippen molar-refractivity contribution in [3.05, 3.63) is 45.8 Å². The molecule has 1 heterocycles. The van der Waals surface area contributed by atoms with E-state index in [2.05, 4.69) is 31.2 Å². The Morgan fingerprint density at radius 1 is 1.29 bits per heavy atom. The summed E-state index contributed by atoms with van der Waals surface area (Å²) >= 11 is 9.43. The molecule has 0 bridgehead atoms. The van der Waals surface area contributed by atoms with Gasteiger partial charge in [0.1, 0.15) is 4.60 Å². The van der Waals surface area contributed by atoms with Crippen LogP contribution in [0, 0.1) is 5.92 Å². The molecule has 1 aliphatic carbocycles. The predicted molar refractivity (Wildman–Crippen MR) is 112 cm³/mol. The third-order valence-electron chi connectivity index (χ3n) is 4.99. The summed E-state index contributed by atoms with van der Waals surface area (Å²) in [6.45, 7) is 0. The topological polar surface area (TPSA) is 89.0 Å². The fourth-order valence-electron chi connectivity index (χ4n) is 3.60. The van der Waals surface area contributed by atoms with Gasteiger partial charge in [0.05, 0.1) is 28.2 Å². The van der Waals surface area contributed by atoms with Crippen LogP contribution in [-0.2, 0) is 14.6 Å². The Bertz CT molecular complexity index is 961. The first kappa shape index (κ1) is 21.2. The lowest BCUT2D eigenvalue weighted by Crippen LogP contribution is -2.24. The van der Waals surface area contributed by atoms with E-state index in [4.69, 9.17) is 11.6 Å². The maximum Gasteiger partial charge on any atom is 0.233 e. The van der Waals surface area contributed by atoms with E-state index in [-0.39, 0.29) is 15.8 Å². The molecule has 1 atom stereocenters. The van der Waals surface area contributed by atoms with Crippen molar-refractivity contribution in [3.8, 4) is 0 Å². The Morgan fingerprint density at radius 2 is 2.00 bits per heavy atom. The number of anilines is 1. The van der Waals surface area contributed by atoms with Crippen LogP contribution in [0.5, 0.6) is 0 Å². The Hall–Kier alpha value is -1.51. The normalized spacial score (nSPS) is 16.1. The van der Waals surface area contributed by atoms with Gasteiger partial charge in [0.25, 0.3) is 0 Å². The largest absolute Gasteiger partial charge is 0.309 e. The minimum absolute atomic E-state index is 0.0664. The molecule has 1 fully saturated rings. The van der Waals surface area contributed by atoms with Crippen LogP contribution in [0.25, 0.3) is 0 Å². The highest BCUT2D eigenvalue weighted by atomic mass is 79.9. The van der Waals surface area contributed by atoms with E-state index >= 15 is 0 Å². The number of sulfone groups is 1. The number of carbonyl (C=O) groups excluding carboxylic acids is 1. The third-order valence-corrected chi connectivity index (χ3v) is 6.98. The molecule has 0 radical (unpaired) electrons. The quantitative estimate of drug-likeness (QED) is 0.644. The number of rotatable bonds is 6. The smallest absolute Gasteiger partial charge is 0.233 e. The second-order valence-electron chi connectivity index (χ2n) is 7.11. The second-order valence-corrected chi connectivity index (χ2v) is 10.3. The van der Waals surface area contributed by atoms with Gasteiger partial charge in [-0.15, -0.1) is 0 Å². The number of aromatic nitrogens is 2. The molecule has 9 heteroatoms. The molecule has 1 aliphatic rings. The lowest BCUT2D eigenvalue weighted by molar-refractivity contribution is -0.118. The Morgan fingerprint density at radius 3 is 2.57 bits per heavy atom.